The van der Waals surface area contributed by atoms with Gasteiger partial charge in [0, 0.05) is 5.02 Å². The molecule has 0 saturated carbocycles. The zero-order chi connectivity index (χ0) is 10.1. The van der Waals surface area contributed by atoms with Crippen LogP contribution in [-0.4, -0.2) is 0 Å². The molecule has 0 N–H and O–H groups in total. The van der Waals surface area contributed by atoms with Crippen LogP contribution in [0.5, 0.6) is 0 Å². The van der Waals surface area contributed by atoms with Gasteiger partial charge in [0.05, 0.1) is 0 Å². The van der Waals surface area contributed by atoms with Crippen molar-refractivity contribution >= 4 is 17.7 Å². The molecule has 0 unspecified atom stereocenters. The lowest BCUT2D eigenvalue weighted by molar-refractivity contribution is 1.23. The highest BCUT2D eigenvalue weighted by molar-refractivity contribution is 6.32. The summed E-state index contributed by atoms with van der Waals surface area (Å²) < 4.78 is 0. The van der Waals surface area contributed by atoms with Crippen LogP contribution in [0.25, 0.3) is 6.08 Å². The van der Waals surface area contributed by atoms with Gasteiger partial charge in [0.2, 0.25) is 0 Å². The Morgan fingerprint density at radius 2 is 1.85 bits per heavy atom. The topological polar surface area (TPSA) is 0 Å². The second-order valence-corrected chi connectivity index (χ2v) is 2.74. The molecule has 0 saturated heterocycles. The first-order chi connectivity index (χ1) is 6.34. The molecule has 0 heterocycles. The first-order valence-electron chi connectivity index (χ1n) is 4.75. The third-order valence-electron chi connectivity index (χ3n) is 1.44. The molecular weight excluding hydrogens is 180 g/mol. The molecule has 1 rings (SSSR count). The summed E-state index contributed by atoms with van der Waals surface area (Å²) in [6.45, 7) is 6.10. The summed E-state index contributed by atoms with van der Waals surface area (Å²) in [6, 6.07) is 7.83. The van der Waals surface area contributed by atoms with Crippen molar-refractivity contribution in [1.29, 1.82) is 0 Å². The van der Waals surface area contributed by atoms with Crippen LogP contribution in [0, 0.1) is 0 Å². The molecular formula is C12H17Cl. The van der Waals surface area contributed by atoms with Crippen molar-refractivity contribution in [3.05, 3.63) is 40.9 Å². The van der Waals surface area contributed by atoms with Gasteiger partial charge in [-0.15, -0.1) is 0 Å². The summed E-state index contributed by atoms with van der Waals surface area (Å²) in [6.07, 6.45) is 5.19. The summed E-state index contributed by atoms with van der Waals surface area (Å²) >= 11 is 5.91. The fourth-order valence-electron chi connectivity index (χ4n) is 0.855. The van der Waals surface area contributed by atoms with Crippen molar-refractivity contribution in [2.45, 2.75) is 27.2 Å². The largest absolute Gasteiger partial charge is 0.0842 e. The molecule has 0 spiro atoms. The molecule has 0 aliphatic heterocycles. The van der Waals surface area contributed by atoms with E-state index in [1.54, 1.807) is 0 Å². The minimum atomic E-state index is 0.817. The van der Waals surface area contributed by atoms with Crippen LogP contribution >= 0.6 is 11.6 Å². The first kappa shape index (κ1) is 12.2. The molecule has 0 atom stereocenters. The van der Waals surface area contributed by atoms with E-state index in [9.17, 15) is 0 Å². The third-order valence-corrected chi connectivity index (χ3v) is 1.78. The van der Waals surface area contributed by atoms with E-state index in [0.717, 1.165) is 17.0 Å². The molecule has 13 heavy (non-hydrogen) atoms. The van der Waals surface area contributed by atoms with Gasteiger partial charge in [-0.1, -0.05) is 62.7 Å². The molecule has 0 bridgehead atoms. The molecule has 72 valence electrons. The fraction of sp³-hybridized carbons (Fsp3) is 0.333. The van der Waals surface area contributed by atoms with E-state index in [2.05, 4.69) is 13.0 Å². The Bertz CT molecular complexity index is 251. The monoisotopic (exact) mass is 196 g/mol. The van der Waals surface area contributed by atoms with Gasteiger partial charge in [-0.05, 0) is 18.1 Å². The highest BCUT2D eigenvalue weighted by Crippen LogP contribution is 2.16. The van der Waals surface area contributed by atoms with E-state index in [-0.39, 0.29) is 0 Å². The summed E-state index contributed by atoms with van der Waals surface area (Å²) in [5.74, 6) is 0. The Morgan fingerprint density at radius 1 is 1.23 bits per heavy atom. The van der Waals surface area contributed by atoms with Gasteiger partial charge in [0.25, 0.3) is 0 Å². The molecule has 0 aliphatic carbocycles. The Labute approximate surface area is 86.2 Å². The van der Waals surface area contributed by atoms with Crippen LogP contribution in [0.4, 0.5) is 0 Å². The number of allylic oxidation sites excluding steroid dienone is 1. The van der Waals surface area contributed by atoms with E-state index in [1.807, 2.05) is 44.2 Å². The minimum Gasteiger partial charge on any atom is -0.0842 e. The van der Waals surface area contributed by atoms with E-state index >= 15 is 0 Å². The van der Waals surface area contributed by atoms with Crippen LogP contribution < -0.4 is 0 Å². The van der Waals surface area contributed by atoms with Crippen LogP contribution in [-0.2, 0) is 0 Å². The number of rotatable bonds is 2. The Balaban J connectivity index is 0.000000671. The number of hydrogen-bond donors (Lipinski definition) is 0. The van der Waals surface area contributed by atoms with E-state index < -0.39 is 0 Å². The van der Waals surface area contributed by atoms with Crippen molar-refractivity contribution in [3.8, 4) is 0 Å². The molecule has 1 heteroatoms. The molecule has 0 aliphatic rings. The number of hydrogen-bond acceptors (Lipinski definition) is 0. The minimum absolute atomic E-state index is 0.817. The zero-order valence-corrected chi connectivity index (χ0v) is 9.31. The molecule has 1 aromatic rings. The van der Waals surface area contributed by atoms with Gasteiger partial charge < -0.3 is 0 Å². The lowest BCUT2D eigenvalue weighted by atomic mass is 10.2. The number of halogens is 1. The van der Waals surface area contributed by atoms with Gasteiger partial charge in [-0.3, -0.25) is 0 Å². The number of benzene rings is 1. The van der Waals surface area contributed by atoms with E-state index in [1.165, 1.54) is 0 Å². The fourth-order valence-corrected chi connectivity index (χ4v) is 1.05. The van der Waals surface area contributed by atoms with Gasteiger partial charge >= 0.3 is 0 Å². The highest BCUT2D eigenvalue weighted by Gasteiger charge is 1.90. The Hall–Kier alpha value is -0.750. The normalized spacial score (nSPS) is 9.54. The molecule has 1 aromatic carbocycles. The Morgan fingerprint density at radius 3 is 2.38 bits per heavy atom. The predicted octanol–water partition coefficient (Wildman–Crippen LogP) is 4.79. The maximum Gasteiger partial charge on any atom is 0.0478 e. The van der Waals surface area contributed by atoms with Crippen molar-refractivity contribution in [3.63, 3.8) is 0 Å². The van der Waals surface area contributed by atoms with Crippen LogP contribution in [0.3, 0.4) is 0 Å². The predicted molar refractivity (Wildman–Crippen MR) is 62.1 cm³/mol. The van der Waals surface area contributed by atoms with E-state index in [0.29, 0.717) is 0 Å². The first-order valence-corrected chi connectivity index (χ1v) is 5.13. The van der Waals surface area contributed by atoms with Gasteiger partial charge in [0.1, 0.15) is 0 Å². The van der Waals surface area contributed by atoms with Crippen LogP contribution in [0.15, 0.2) is 30.3 Å². The van der Waals surface area contributed by atoms with Crippen molar-refractivity contribution in [2.24, 2.45) is 0 Å². The van der Waals surface area contributed by atoms with Crippen molar-refractivity contribution in [2.75, 3.05) is 0 Å². The van der Waals surface area contributed by atoms with Crippen LogP contribution in [0.1, 0.15) is 32.8 Å². The lowest BCUT2D eigenvalue weighted by Gasteiger charge is -1.94. The van der Waals surface area contributed by atoms with Gasteiger partial charge in [-0.25, -0.2) is 0 Å². The molecule has 0 fully saturated rings. The summed E-state index contributed by atoms with van der Waals surface area (Å²) in [7, 11) is 0. The smallest absolute Gasteiger partial charge is 0.0478 e. The van der Waals surface area contributed by atoms with Crippen LogP contribution in [0.2, 0.25) is 5.02 Å². The second kappa shape index (κ2) is 7.88. The molecule has 0 radical (unpaired) electrons. The summed E-state index contributed by atoms with van der Waals surface area (Å²) in [5, 5.41) is 0.817. The highest BCUT2D eigenvalue weighted by atomic mass is 35.5. The summed E-state index contributed by atoms with van der Waals surface area (Å²) in [4.78, 5) is 0. The van der Waals surface area contributed by atoms with Gasteiger partial charge in [-0.2, -0.15) is 0 Å². The Kier molecular flexibility index (Phi) is 7.42. The maximum atomic E-state index is 5.91. The quantitative estimate of drug-likeness (QED) is 0.638. The molecule has 0 aromatic heterocycles. The SMILES string of the molecule is CC.CC/C=C/c1ccccc1Cl. The molecule has 0 nitrogen and oxygen atoms in total. The summed E-state index contributed by atoms with van der Waals surface area (Å²) in [5.41, 5.74) is 1.09. The van der Waals surface area contributed by atoms with Gasteiger partial charge in [0.15, 0.2) is 0 Å². The zero-order valence-electron chi connectivity index (χ0n) is 8.55. The molecule has 0 amide bonds. The van der Waals surface area contributed by atoms with E-state index in [4.69, 9.17) is 11.6 Å². The van der Waals surface area contributed by atoms with Crippen molar-refractivity contribution < 1.29 is 0 Å². The average Bonchev–Trinajstić information content (AvgIpc) is 2.20. The maximum absolute atomic E-state index is 5.91. The second-order valence-electron chi connectivity index (χ2n) is 2.33. The lowest BCUT2D eigenvalue weighted by Crippen LogP contribution is -1.71. The van der Waals surface area contributed by atoms with Crippen molar-refractivity contribution in [1.82, 2.24) is 0 Å². The average molecular weight is 197 g/mol. The third kappa shape index (κ3) is 4.74. The standard InChI is InChI=1S/C10H11Cl.C2H6/c1-2-3-6-9-7-4-5-8-10(9)11;1-2/h3-8H,2H2,1H3;1-2H3/b6-3+;.